The van der Waals surface area contributed by atoms with E-state index in [1.165, 1.54) is 6.07 Å². The molecule has 4 heteroatoms. The molecular weight excluding hydrogens is 267 g/mol. The van der Waals surface area contributed by atoms with Gasteiger partial charge in [-0.25, -0.2) is 9.37 Å². The van der Waals surface area contributed by atoms with E-state index in [0.29, 0.717) is 5.88 Å². The molecule has 1 heterocycles. The van der Waals surface area contributed by atoms with Crippen LogP contribution in [0.3, 0.4) is 0 Å². The SMILES string of the molecule is Cc1nc(Oc2ccccc2F)ccc1CNC(C)(C)C. The number of rotatable bonds is 4. The summed E-state index contributed by atoms with van der Waals surface area (Å²) in [7, 11) is 0. The largest absolute Gasteiger partial charge is 0.436 e. The monoisotopic (exact) mass is 288 g/mol. The first-order valence-corrected chi connectivity index (χ1v) is 6.99. The van der Waals surface area contributed by atoms with Crippen molar-refractivity contribution in [2.75, 3.05) is 0 Å². The van der Waals surface area contributed by atoms with Crippen molar-refractivity contribution in [3.05, 3.63) is 53.5 Å². The van der Waals surface area contributed by atoms with Crippen LogP contribution in [0.25, 0.3) is 0 Å². The molecule has 21 heavy (non-hydrogen) atoms. The number of halogens is 1. The van der Waals surface area contributed by atoms with Crippen LogP contribution in [-0.4, -0.2) is 10.5 Å². The van der Waals surface area contributed by atoms with Gasteiger partial charge in [-0.1, -0.05) is 18.2 Å². The summed E-state index contributed by atoms with van der Waals surface area (Å²) in [5.41, 5.74) is 2.03. The van der Waals surface area contributed by atoms with Crippen LogP contribution in [0.1, 0.15) is 32.0 Å². The van der Waals surface area contributed by atoms with Gasteiger partial charge in [-0.15, -0.1) is 0 Å². The second-order valence-electron chi connectivity index (χ2n) is 6.03. The van der Waals surface area contributed by atoms with Gasteiger partial charge in [-0.3, -0.25) is 0 Å². The molecule has 0 saturated carbocycles. The second-order valence-corrected chi connectivity index (χ2v) is 6.03. The van der Waals surface area contributed by atoms with Crippen molar-refractivity contribution < 1.29 is 9.13 Å². The number of ether oxygens (including phenoxy) is 1. The fraction of sp³-hybridized carbons (Fsp3) is 0.353. The molecule has 0 aliphatic carbocycles. The predicted octanol–water partition coefficient (Wildman–Crippen LogP) is 4.21. The van der Waals surface area contributed by atoms with Gasteiger partial charge in [0.1, 0.15) is 0 Å². The van der Waals surface area contributed by atoms with Gasteiger partial charge in [-0.05, 0) is 45.4 Å². The van der Waals surface area contributed by atoms with Gasteiger partial charge in [0.2, 0.25) is 5.88 Å². The van der Waals surface area contributed by atoms with Gasteiger partial charge in [0.05, 0.1) is 0 Å². The Morgan fingerprint density at radius 1 is 1.14 bits per heavy atom. The summed E-state index contributed by atoms with van der Waals surface area (Å²) in [6.07, 6.45) is 0. The van der Waals surface area contributed by atoms with Crippen molar-refractivity contribution in [2.45, 2.75) is 39.8 Å². The molecule has 2 aromatic rings. The van der Waals surface area contributed by atoms with E-state index in [9.17, 15) is 4.39 Å². The van der Waals surface area contributed by atoms with E-state index >= 15 is 0 Å². The molecule has 0 amide bonds. The average molecular weight is 288 g/mol. The van der Waals surface area contributed by atoms with Gasteiger partial charge >= 0.3 is 0 Å². The zero-order valence-electron chi connectivity index (χ0n) is 12.9. The molecular formula is C17H21FN2O. The van der Waals surface area contributed by atoms with Crippen molar-refractivity contribution in [2.24, 2.45) is 0 Å². The van der Waals surface area contributed by atoms with Crippen LogP contribution in [0.15, 0.2) is 36.4 Å². The lowest BCUT2D eigenvalue weighted by atomic mass is 10.1. The Hall–Kier alpha value is -1.94. The minimum Gasteiger partial charge on any atom is -0.436 e. The Bertz CT molecular complexity index is 620. The van der Waals surface area contributed by atoms with Crippen molar-refractivity contribution in [3.63, 3.8) is 0 Å². The highest BCUT2D eigenvalue weighted by molar-refractivity contribution is 5.31. The Kier molecular flexibility index (Phi) is 4.58. The highest BCUT2D eigenvalue weighted by Crippen LogP contribution is 2.23. The first-order valence-electron chi connectivity index (χ1n) is 6.99. The topological polar surface area (TPSA) is 34.1 Å². The third-order valence-corrected chi connectivity index (χ3v) is 3.03. The van der Waals surface area contributed by atoms with Crippen LogP contribution in [0.5, 0.6) is 11.6 Å². The lowest BCUT2D eigenvalue weighted by Gasteiger charge is -2.21. The van der Waals surface area contributed by atoms with Crippen LogP contribution in [-0.2, 0) is 6.54 Å². The van der Waals surface area contributed by atoms with Crippen LogP contribution < -0.4 is 10.1 Å². The molecule has 0 atom stereocenters. The molecule has 0 bridgehead atoms. The molecule has 1 aromatic carbocycles. The van der Waals surface area contributed by atoms with E-state index in [2.05, 4.69) is 31.1 Å². The lowest BCUT2D eigenvalue weighted by Crippen LogP contribution is -2.35. The summed E-state index contributed by atoms with van der Waals surface area (Å²) >= 11 is 0. The van der Waals surface area contributed by atoms with E-state index in [1.54, 1.807) is 24.3 Å². The molecule has 1 N–H and O–H groups in total. The van der Waals surface area contributed by atoms with Gasteiger partial charge in [0.15, 0.2) is 11.6 Å². The number of nitrogens with one attached hydrogen (secondary N) is 1. The maximum atomic E-state index is 13.5. The standard InChI is InChI=1S/C17H21FN2O/c1-12-13(11-19-17(2,3)4)9-10-16(20-12)21-15-8-6-5-7-14(15)18/h5-10,19H,11H2,1-4H3. The summed E-state index contributed by atoms with van der Waals surface area (Å²) in [5, 5.41) is 3.42. The maximum absolute atomic E-state index is 13.5. The van der Waals surface area contributed by atoms with E-state index in [4.69, 9.17) is 4.74 Å². The summed E-state index contributed by atoms with van der Waals surface area (Å²) in [6.45, 7) is 9.01. The summed E-state index contributed by atoms with van der Waals surface area (Å²) in [6, 6.07) is 10.0. The minimum atomic E-state index is -0.393. The van der Waals surface area contributed by atoms with Crippen LogP contribution in [0, 0.1) is 12.7 Å². The van der Waals surface area contributed by atoms with Gasteiger partial charge in [0.25, 0.3) is 0 Å². The number of nitrogens with zero attached hydrogens (tertiary/aromatic N) is 1. The number of para-hydroxylation sites is 1. The number of benzene rings is 1. The lowest BCUT2D eigenvalue weighted by molar-refractivity contribution is 0.418. The van der Waals surface area contributed by atoms with Crippen molar-refractivity contribution in [1.29, 1.82) is 0 Å². The Labute approximate surface area is 125 Å². The first-order chi connectivity index (χ1) is 9.85. The Morgan fingerprint density at radius 2 is 1.86 bits per heavy atom. The van der Waals surface area contributed by atoms with E-state index in [0.717, 1.165) is 17.8 Å². The van der Waals surface area contributed by atoms with E-state index in [1.807, 2.05) is 13.0 Å². The third kappa shape index (κ3) is 4.53. The van der Waals surface area contributed by atoms with Gasteiger partial charge in [0, 0.05) is 23.8 Å². The quantitative estimate of drug-likeness (QED) is 0.915. The number of pyridine rings is 1. The molecule has 0 fully saturated rings. The molecule has 112 valence electrons. The zero-order chi connectivity index (χ0) is 15.5. The molecule has 0 saturated heterocycles. The molecule has 0 aliphatic rings. The van der Waals surface area contributed by atoms with Crippen LogP contribution >= 0.6 is 0 Å². The molecule has 0 aliphatic heterocycles. The molecule has 3 nitrogen and oxygen atoms in total. The fourth-order valence-electron chi connectivity index (χ4n) is 1.81. The molecule has 2 rings (SSSR count). The highest BCUT2D eigenvalue weighted by Gasteiger charge is 2.11. The first kappa shape index (κ1) is 15.4. The van der Waals surface area contributed by atoms with E-state index in [-0.39, 0.29) is 11.3 Å². The second kappa shape index (κ2) is 6.22. The third-order valence-electron chi connectivity index (χ3n) is 3.03. The van der Waals surface area contributed by atoms with Gasteiger partial charge in [-0.2, -0.15) is 0 Å². The van der Waals surface area contributed by atoms with E-state index < -0.39 is 5.82 Å². The summed E-state index contributed by atoms with van der Waals surface area (Å²) in [5.74, 6) is 0.192. The van der Waals surface area contributed by atoms with Crippen molar-refractivity contribution in [3.8, 4) is 11.6 Å². The Balaban J connectivity index is 2.10. The number of aromatic nitrogens is 1. The Morgan fingerprint density at radius 3 is 2.48 bits per heavy atom. The molecule has 0 unspecified atom stereocenters. The van der Waals surface area contributed by atoms with Crippen LogP contribution in [0.4, 0.5) is 4.39 Å². The summed E-state index contributed by atoms with van der Waals surface area (Å²) in [4.78, 5) is 4.38. The molecule has 0 radical (unpaired) electrons. The smallest absolute Gasteiger partial charge is 0.219 e. The van der Waals surface area contributed by atoms with Crippen molar-refractivity contribution in [1.82, 2.24) is 10.3 Å². The fourth-order valence-corrected chi connectivity index (χ4v) is 1.81. The number of hydrogen-bond donors (Lipinski definition) is 1. The zero-order valence-corrected chi connectivity index (χ0v) is 12.9. The van der Waals surface area contributed by atoms with Gasteiger partial charge < -0.3 is 10.1 Å². The van der Waals surface area contributed by atoms with Crippen LogP contribution in [0.2, 0.25) is 0 Å². The maximum Gasteiger partial charge on any atom is 0.219 e. The normalized spacial score (nSPS) is 11.5. The highest BCUT2D eigenvalue weighted by atomic mass is 19.1. The minimum absolute atomic E-state index is 0.0504. The predicted molar refractivity (Wildman–Crippen MR) is 82.0 cm³/mol. The van der Waals surface area contributed by atoms with Crippen molar-refractivity contribution >= 4 is 0 Å². The number of aryl methyl sites for hydroxylation is 1. The molecule has 1 aromatic heterocycles. The molecule has 0 spiro atoms. The average Bonchev–Trinajstić information content (AvgIpc) is 2.39. The number of hydrogen-bond acceptors (Lipinski definition) is 3. The summed E-state index contributed by atoms with van der Waals surface area (Å²) < 4.78 is 19.0.